The number of hydrogen-bond donors (Lipinski definition) is 1. The number of allylic oxidation sites excluding steroid dienone is 1. The molecule has 0 aromatic rings. The number of carbonyl (C=O) groups excluding carboxylic acids is 2. The normalized spacial score (nSPS) is 20.0. The molecule has 0 aromatic heterocycles. The van der Waals surface area contributed by atoms with Gasteiger partial charge in [0, 0.05) is 19.3 Å². The van der Waals surface area contributed by atoms with Gasteiger partial charge in [-0.05, 0) is 25.2 Å². The maximum atomic E-state index is 12.0. The molecule has 0 spiro atoms. The van der Waals surface area contributed by atoms with Crippen LogP contribution >= 0.6 is 0 Å². The second-order valence-electron chi connectivity index (χ2n) is 6.19. The van der Waals surface area contributed by atoms with E-state index in [-0.39, 0.29) is 23.3 Å². The van der Waals surface area contributed by atoms with Crippen molar-refractivity contribution in [3.8, 4) is 0 Å². The zero-order valence-electron chi connectivity index (χ0n) is 12.9. The lowest BCUT2D eigenvalue weighted by molar-refractivity contribution is -0.149. The van der Waals surface area contributed by atoms with Crippen molar-refractivity contribution >= 4 is 12.0 Å². The van der Waals surface area contributed by atoms with Gasteiger partial charge in [-0.2, -0.15) is 0 Å². The van der Waals surface area contributed by atoms with E-state index >= 15 is 0 Å². The van der Waals surface area contributed by atoms with E-state index in [9.17, 15) is 9.59 Å². The first-order valence-corrected chi connectivity index (χ1v) is 7.23. The highest BCUT2D eigenvalue weighted by Gasteiger charge is 2.28. The Kier molecular flexibility index (Phi) is 6.05. The fourth-order valence-corrected chi connectivity index (χ4v) is 2.07. The van der Waals surface area contributed by atoms with Crippen molar-refractivity contribution in [2.24, 2.45) is 11.3 Å². The molecule has 0 bridgehead atoms. The third-order valence-corrected chi connectivity index (χ3v) is 3.12. The number of urea groups is 1. The van der Waals surface area contributed by atoms with Crippen LogP contribution in [-0.2, 0) is 9.53 Å². The lowest BCUT2D eigenvalue weighted by atomic mass is 9.97. The van der Waals surface area contributed by atoms with Gasteiger partial charge >= 0.3 is 12.0 Å². The van der Waals surface area contributed by atoms with E-state index in [1.165, 1.54) is 0 Å². The summed E-state index contributed by atoms with van der Waals surface area (Å²) >= 11 is 0. The summed E-state index contributed by atoms with van der Waals surface area (Å²) in [5.74, 6) is -0.392. The van der Waals surface area contributed by atoms with Gasteiger partial charge in [-0.25, -0.2) is 4.79 Å². The molecule has 1 fully saturated rings. The third kappa shape index (κ3) is 5.63. The summed E-state index contributed by atoms with van der Waals surface area (Å²) in [6.07, 6.45) is 5.24. The van der Waals surface area contributed by atoms with E-state index in [2.05, 4.69) is 26.1 Å². The molecule has 1 rings (SSSR count). The molecule has 1 saturated heterocycles. The van der Waals surface area contributed by atoms with Crippen LogP contribution < -0.4 is 5.32 Å². The van der Waals surface area contributed by atoms with Crippen LogP contribution in [-0.4, -0.2) is 36.6 Å². The lowest BCUT2D eigenvalue weighted by Gasteiger charge is -2.31. The van der Waals surface area contributed by atoms with E-state index in [0.717, 1.165) is 12.8 Å². The summed E-state index contributed by atoms with van der Waals surface area (Å²) in [4.78, 5) is 25.4. The molecule has 1 N–H and O–H groups in total. The van der Waals surface area contributed by atoms with Gasteiger partial charge in [0.1, 0.15) is 0 Å². The minimum absolute atomic E-state index is 0.0304. The summed E-state index contributed by atoms with van der Waals surface area (Å²) in [6, 6.07) is -0.153. The van der Waals surface area contributed by atoms with E-state index in [4.69, 9.17) is 4.74 Å². The Morgan fingerprint density at radius 3 is 2.70 bits per heavy atom. The van der Waals surface area contributed by atoms with Crippen molar-refractivity contribution in [3.63, 3.8) is 0 Å². The van der Waals surface area contributed by atoms with E-state index in [0.29, 0.717) is 19.7 Å². The van der Waals surface area contributed by atoms with Gasteiger partial charge in [0.05, 0.1) is 12.5 Å². The number of amides is 2. The van der Waals surface area contributed by atoms with E-state index in [1.807, 2.05) is 6.08 Å². The molecule has 1 atom stereocenters. The highest BCUT2D eigenvalue weighted by atomic mass is 16.5. The molecule has 1 heterocycles. The second kappa shape index (κ2) is 7.31. The SMILES string of the molecule is CCOC(=O)C1CCCN(C(=O)N/C=C/C(C)(C)C)C1. The molecule has 0 saturated carbocycles. The summed E-state index contributed by atoms with van der Waals surface area (Å²) in [5, 5.41) is 2.75. The van der Waals surface area contributed by atoms with Crippen LogP contribution in [0.25, 0.3) is 0 Å². The molecule has 1 aliphatic rings. The molecule has 2 amide bonds. The molecule has 1 aliphatic heterocycles. The van der Waals surface area contributed by atoms with Crippen LogP contribution in [0, 0.1) is 11.3 Å². The average Bonchev–Trinajstić information content (AvgIpc) is 2.37. The highest BCUT2D eigenvalue weighted by Crippen LogP contribution is 2.18. The van der Waals surface area contributed by atoms with Crippen molar-refractivity contribution in [2.75, 3.05) is 19.7 Å². The first-order chi connectivity index (χ1) is 9.33. The molecular formula is C15H26N2O3. The number of ether oxygens (including phenoxy) is 1. The van der Waals surface area contributed by atoms with Crippen LogP contribution in [0.4, 0.5) is 4.79 Å². The zero-order chi connectivity index (χ0) is 15.2. The van der Waals surface area contributed by atoms with Crippen molar-refractivity contribution in [2.45, 2.75) is 40.5 Å². The number of rotatable bonds is 3. The third-order valence-electron chi connectivity index (χ3n) is 3.12. The summed E-state index contributed by atoms with van der Waals surface area (Å²) < 4.78 is 5.02. The predicted molar refractivity (Wildman–Crippen MR) is 78.1 cm³/mol. The van der Waals surface area contributed by atoms with Gasteiger partial charge in [0.15, 0.2) is 0 Å². The van der Waals surface area contributed by atoms with Crippen molar-refractivity contribution in [1.29, 1.82) is 0 Å². The Morgan fingerprint density at radius 2 is 2.10 bits per heavy atom. The van der Waals surface area contributed by atoms with E-state index in [1.54, 1.807) is 18.0 Å². The predicted octanol–water partition coefficient (Wildman–Crippen LogP) is 2.53. The van der Waals surface area contributed by atoms with Gasteiger partial charge < -0.3 is 15.0 Å². The average molecular weight is 282 g/mol. The lowest BCUT2D eigenvalue weighted by Crippen LogP contribution is -2.46. The zero-order valence-corrected chi connectivity index (χ0v) is 12.9. The Hall–Kier alpha value is -1.52. The second-order valence-corrected chi connectivity index (χ2v) is 6.19. The van der Waals surface area contributed by atoms with Crippen LogP contribution in [0.15, 0.2) is 12.3 Å². The van der Waals surface area contributed by atoms with Crippen LogP contribution in [0.5, 0.6) is 0 Å². The largest absolute Gasteiger partial charge is 0.466 e. The monoisotopic (exact) mass is 282 g/mol. The van der Waals surface area contributed by atoms with Crippen molar-refractivity contribution in [1.82, 2.24) is 10.2 Å². The van der Waals surface area contributed by atoms with Crippen molar-refractivity contribution < 1.29 is 14.3 Å². The number of nitrogens with zero attached hydrogens (tertiary/aromatic N) is 1. The Labute approximate surface area is 121 Å². The van der Waals surface area contributed by atoms with Crippen LogP contribution in [0.2, 0.25) is 0 Å². The number of piperidine rings is 1. The van der Waals surface area contributed by atoms with Gasteiger partial charge in [0.25, 0.3) is 0 Å². The number of esters is 1. The standard InChI is InChI=1S/C15H26N2O3/c1-5-20-13(18)12-7-6-10-17(11-12)14(19)16-9-8-15(2,3)4/h8-9,12H,5-7,10-11H2,1-4H3,(H,16,19)/b9-8+. The minimum atomic E-state index is -0.199. The molecule has 0 radical (unpaired) electrons. The van der Waals surface area contributed by atoms with Gasteiger partial charge in [-0.15, -0.1) is 0 Å². The molecule has 114 valence electrons. The minimum Gasteiger partial charge on any atom is -0.466 e. The molecule has 0 aliphatic carbocycles. The number of carbonyl (C=O) groups is 2. The molecule has 20 heavy (non-hydrogen) atoms. The first-order valence-electron chi connectivity index (χ1n) is 7.23. The Balaban J connectivity index is 2.48. The summed E-state index contributed by atoms with van der Waals surface area (Å²) in [7, 11) is 0. The number of nitrogens with one attached hydrogen (secondary N) is 1. The van der Waals surface area contributed by atoms with E-state index < -0.39 is 0 Å². The van der Waals surface area contributed by atoms with Gasteiger partial charge in [-0.1, -0.05) is 26.8 Å². The van der Waals surface area contributed by atoms with Gasteiger partial charge in [0.2, 0.25) is 0 Å². The fraction of sp³-hybridized carbons (Fsp3) is 0.733. The van der Waals surface area contributed by atoms with Crippen LogP contribution in [0.3, 0.4) is 0 Å². The van der Waals surface area contributed by atoms with Crippen molar-refractivity contribution in [3.05, 3.63) is 12.3 Å². The number of likely N-dealkylation sites (tertiary alicyclic amines) is 1. The maximum absolute atomic E-state index is 12.0. The smallest absolute Gasteiger partial charge is 0.321 e. The number of hydrogen-bond acceptors (Lipinski definition) is 3. The maximum Gasteiger partial charge on any atom is 0.321 e. The molecule has 5 heteroatoms. The quantitative estimate of drug-likeness (QED) is 0.809. The molecule has 0 aromatic carbocycles. The topological polar surface area (TPSA) is 58.6 Å². The summed E-state index contributed by atoms with van der Waals surface area (Å²) in [6.45, 7) is 9.49. The molecule has 1 unspecified atom stereocenters. The van der Waals surface area contributed by atoms with Gasteiger partial charge in [-0.3, -0.25) is 4.79 Å². The first kappa shape index (κ1) is 16.5. The Bertz CT molecular complexity index is 372. The highest BCUT2D eigenvalue weighted by molar-refractivity contribution is 5.77. The molecular weight excluding hydrogens is 256 g/mol. The molecule has 5 nitrogen and oxygen atoms in total. The van der Waals surface area contributed by atoms with Crippen LogP contribution in [0.1, 0.15) is 40.5 Å². The Morgan fingerprint density at radius 1 is 1.40 bits per heavy atom. The fourth-order valence-electron chi connectivity index (χ4n) is 2.07. The summed E-state index contributed by atoms with van der Waals surface area (Å²) in [5.41, 5.74) is 0.0304.